The van der Waals surface area contributed by atoms with Crippen LogP contribution in [0.1, 0.15) is 21.7 Å². The number of amides is 2. The smallest absolute Gasteiger partial charge is 0.395 e. The van der Waals surface area contributed by atoms with E-state index in [9.17, 15) is 28.1 Å². The lowest BCUT2D eigenvalue weighted by Crippen LogP contribution is -2.35. The number of aromatic amines is 1. The molecule has 216 valence electrons. The molecule has 0 spiro atoms. The van der Waals surface area contributed by atoms with Gasteiger partial charge < -0.3 is 20.0 Å². The molecule has 0 radical (unpaired) electrons. The van der Waals surface area contributed by atoms with Crippen molar-refractivity contribution in [3.05, 3.63) is 106 Å². The van der Waals surface area contributed by atoms with Crippen molar-refractivity contribution in [3.63, 3.8) is 0 Å². The number of nitrogens with zero attached hydrogens (tertiary/aromatic N) is 3. The Labute approximate surface area is 239 Å². The average Bonchev–Trinajstić information content (AvgIpc) is 3.71. The highest BCUT2D eigenvalue weighted by molar-refractivity contribution is 7.87. The van der Waals surface area contributed by atoms with Crippen molar-refractivity contribution in [2.45, 2.75) is 6.42 Å². The molecule has 0 aliphatic carbocycles. The van der Waals surface area contributed by atoms with E-state index in [1.165, 1.54) is 26.4 Å². The van der Waals surface area contributed by atoms with Crippen LogP contribution >= 0.6 is 0 Å². The van der Waals surface area contributed by atoms with E-state index in [4.69, 9.17) is 4.42 Å². The fourth-order valence-electron chi connectivity index (χ4n) is 4.45. The van der Waals surface area contributed by atoms with Gasteiger partial charge in [-0.25, -0.2) is 3.97 Å². The second kappa shape index (κ2) is 11.3. The third-order valence-electron chi connectivity index (χ3n) is 6.56. The molecule has 0 saturated carbocycles. The van der Waals surface area contributed by atoms with Crippen LogP contribution < -0.4 is 10.6 Å². The van der Waals surface area contributed by atoms with Crippen LogP contribution in [0.15, 0.2) is 83.2 Å². The number of hydrogen-bond donors (Lipinski definition) is 3. The van der Waals surface area contributed by atoms with Crippen molar-refractivity contribution in [3.8, 4) is 0 Å². The molecular formula is C28H26N6O7S. The first-order valence-electron chi connectivity index (χ1n) is 12.7. The van der Waals surface area contributed by atoms with Gasteiger partial charge in [0.15, 0.2) is 5.76 Å². The number of fused-ring (bicyclic) bond motifs is 2. The Morgan fingerprint density at radius 3 is 2.50 bits per heavy atom. The molecule has 0 unspecified atom stereocenters. The molecule has 2 amide bonds. The van der Waals surface area contributed by atoms with Gasteiger partial charge in [0.1, 0.15) is 10.6 Å². The van der Waals surface area contributed by atoms with Crippen molar-refractivity contribution in [2.24, 2.45) is 0 Å². The minimum absolute atomic E-state index is 0.219. The van der Waals surface area contributed by atoms with E-state index in [1.54, 1.807) is 24.3 Å². The molecule has 42 heavy (non-hydrogen) atoms. The fraction of sp³-hybridized carbons (Fsp3) is 0.143. The van der Waals surface area contributed by atoms with Crippen LogP contribution in [0.2, 0.25) is 0 Å². The van der Waals surface area contributed by atoms with E-state index in [-0.39, 0.29) is 18.0 Å². The summed E-state index contributed by atoms with van der Waals surface area (Å²) >= 11 is 0. The van der Waals surface area contributed by atoms with Crippen molar-refractivity contribution in [1.29, 1.82) is 0 Å². The lowest BCUT2D eigenvalue weighted by molar-refractivity contribution is -0.402. The van der Waals surface area contributed by atoms with Gasteiger partial charge in [-0.1, -0.05) is 36.4 Å². The maximum absolute atomic E-state index is 13.4. The topological polar surface area (TPSA) is 173 Å². The fourth-order valence-corrected chi connectivity index (χ4v) is 5.45. The average molecular weight is 591 g/mol. The minimum Gasteiger partial charge on any atom is -0.395 e. The standard InChI is InChI=1S/C28H26N6O7S/c1-32(2)42(39,40)33-17-19(21-8-4-6-10-24(21)33)15-23(31-28(36)25-11-12-26(41-25)34(37)38)27(35)29-14-13-18-16-30-22-9-5-3-7-20(18)22/h3-12,15-17,30H,13-14H2,1-2H3,(H,29,35)(H,31,36). The number of nitro groups is 1. The second-order valence-corrected chi connectivity index (χ2v) is 11.5. The first-order valence-corrected chi connectivity index (χ1v) is 14.1. The molecule has 0 saturated heterocycles. The van der Waals surface area contributed by atoms with Crippen LogP contribution in [-0.2, 0) is 21.4 Å². The molecule has 5 aromatic rings. The lowest BCUT2D eigenvalue weighted by Gasteiger charge is -2.13. The van der Waals surface area contributed by atoms with E-state index in [0.29, 0.717) is 22.9 Å². The third-order valence-corrected chi connectivity index (χ3v) is 8.28. The summed E-state index contributed by atoms with van der Waals surface area (Å²) in [6.45, 7) is 0.219. The summed E-state index contributed by atoms with van der Waals surface area (Å²) in [5, 5.41) is 17.8. The molecule has 3 heterocycles. The van der Waals surface area contributed by atoms with E-state index >= 15 is 0 Å². The highest BCUT2D eigenvalue weighted by Crippen LogP contribution is 2.26. The second-order valence-electron chi connectivity index (χ2n) is 9.46. The number of aromatic nitrogens is 2. The Morgan fingerprint density at radius 1 is 1.07 bits per heavy atom. The number of H-pyrrole nitrogens is 1. The van der Waals surface area contributed by atoms with Gasteiger partial charge >= 0.3 is 16.1 Å². The number of rotatable bonds is 10. The molecule has 3 aromatic heterocycles. The maximum Gasteiger partial charge on any atom is 0.433 e. The Balaban J connectivity index is 1.48. The van der Waals surface area contributed by atoms with Crippen LogP contribution in [0.4, 0.5) is 5.88 Å². The van der Waals surface area contributed by atoms with E-state index in [0.717, 1.165) is 36.9 Å². The molecule has 3 N–H and O–H groups in total. The Morgan fingerprint density at radius 2 is 1.79 bits per heavy atom. The zero-order valence-corrected chi connectivity index (χ0v) is 23.3. The monoisotopic (exact) mass is 590 g/mol. The molecule has 14 heteroatoms. The summed E-state index contributed by atoms with van der Waals surface area (Å²) < 4.78 is 33.1. The largest absolute Gasteiger partial charge is 0.433 e. The summed E-state index contributed by atoms with van der Waals surface area (Å²) in [5.74, 6) is -2.56. The highest BCUT2D eigenvalue weighted by atomic mass is 32.2. The quantitative estimate of drug-likeness (QED) is 0.127. The van der Waals surface area contributed by atoms with Gasteiger partial charge in [0.05, 0.1) is 11.6 Å². The van der Waals surface area contributed by atoms with Crippen LogP contribution in [0.25, 0.3) is 27.9 Å². The molecule has 2 aromatic carbocycles. The molecule has 13 nitrogen and oxygen atoms in total. The molecule has 0 fully saturated rings. The van der Waals surface area contributed by atoms with Crippen molar-refractivity contribution in [2.75, 3.05) is 20.6 Å². The third kappa shape index (κ3) is 5.53. The Hall–Kier alpha value is -5.21. The molecule has 0 aliphatic rings. The van der Waals surface area contributed by atoms with Crippen LogP contribution in [0.3, 0.4) is 0 Å². The number of carbonyl (C=O) groups is 2. The zero-order valence-electron chi connectivity index (χ0n) is 22.5. The lowest BCUT2D eigenvalue weighted by atomic mass is 10.1. The van der Waals surface area contributed by atoms with E-state index in [2.05, 4.69) is 15.6 Å². The molecule has 0 atom stereocenters. The normalized spacial score (nSPS) is 12.2. The van der Waals surface area contributed by atoms with Crippen molar-refractivity contribution >= 4 is 55.8 Å². The van der Waals surface area contributed by atoms with Crippen molar-refractivity contribution < 1.29 is 27.3 Å². The van der Waals surface area contributed by atoms with Gasteiger partial charge in [0, 0.05) is 54.9 Å². The Bertz CT molecular complexity index is 1970. The molecule has 0 bridgehead atoms. The van der Waals surface area contributed by atoms with Gasteiger partial charge in [-0.05, 0) is 36.3 Å². The number of benzene rings is 2. The van der Waals surface area contributed by atoms with Gasteiger partial charge in [-0.2, -0.15) is 12.7 Å². The predicted molar refractivity (Wildman–Crippen MR) is 156 cm³/mol. The zero-order chi connectivity index (χ0) is 30.0. The van der Waals surface area contributed by atoms with E-state index < -0.39 is 32.8 Å². The number of hydrogen-bond acceptors (Lipinski definition) is 7. The molecular weight excluding hydrogens is 564 g/mol. The number of para-hydroxylation sites is 2. The SMILES string of the molecule is CN(C)S(=O)(=O)n1cc(C=C(NC(=O)c2ccc([N+](=O)[O-])o2)C(=O)NCCc2c[nH]c3ccccc23)c2ccccc21. The van der Waals surface area contributed by atoms with Crippen LogP contribution in [-0.4, -0.2) is 59.1 Å². The molecule has 0 aliphatic heterocycles. The first kappa shape index (κ1) is 28.3. The highest BCUT2D eigenvalue weighted by Gasteiger charge is 2.23. The summed E-state index contributed by atoms with van der Waals surface area (Å²) in [5.41, 5.74) is 2.43. The minimum atomic E-state index is -3.92. The predicted octanol–water partition coefficient (Wildman–Crippen LogP) is 3.41. The molecule has 5 rings (SSSR count). The van der Waals surface area contributed by atoms with Gasteiger partial charge in [0.2, 0.25) is 0 Å². The number of furan rings is 1. The van der Waals surface area contributed by atoms with Gasteiger partial charge in [0.25, 0.3) is 11.8 Å². The van der Waals surface area contributed by atoms with E-state index in [1.807, 2.05) is 30.5 Å². The summed E-state index contributed by atoms with van der Waals surface area (Å²) in [6.07, 6.45) is 5.05. The van der Waals surface area contributed by atoms with Crippen LogP contribution in [0, 0.1) is 10.1 Å². The maximum atomic E-state index is 13.4. The number of carbonyl (C=O) groups excluding carboxylic acids is 2. The van der Waals surface area contributed by atoms with Crippen LogP contribution in [0.5, 0.6) is 0 Å². The van der Waals surface area contributed by atoms with Crippen molar-refractivity contribution in [1.82, 2.24) is 23.9 Å². The van der Waals surface area contributed by atoms with Gasteiger partial charge in [-0.3, -0.25) is 19.7 Å². The first-order chi connectivity index (χ1) is 20.1. The summed E-state index contributed by atoms with van der Waals surface area (Å²) in [6, 6.07) is 16.6. The van der Waals surface area contributed by atoms with Gasteiger partial charge in [-0.15, -0.1) is 0 Å². The summed E-state index contributed by atoms with van der Waals surface area (Å²) in [4.78, 5) is 39.7. The number of nitrogens with one attached hydrogen (secondary N) is 3. The summed E-state index contributed by atoms with van der Waals surface area (Å²) in [7, 11) is -1.12. The Kier molecular flexibility index (Phi) is 7.65.